The molecule has 118 valence electrons. The second-order valence-corrected chi connectivity index (χ2v) is 7.36. The standard InChI is InChI=1S/C16H15N2O4P/c1-20-23(19,21-2)15-12-7-10-5-3-4-6-11(10)8-14(12)22-16(18)13(15)9-17/h3-8,15H,18H2,1-2H3. The van der Waals surface area contributed by atoms with Gasteiger partial charge in [0.15, 0.2) is 0 Å². The van der Waals surface area contributed by atoms with Gasteiger partial charge in [-0.2, -0.15) is 5.26 Å². The van der Waals surface area contributed by atoms with Crippen LogP contribution in [0, 0.1) is 11.3 Å². The molecule has 0 aliphatic carbocycles. The Hall–Kier alpha value is -2.32. The number of nitrogens with zero attached hydrogens (tertiary/aromatic N) is 1. The zero-order valence-corrected chi connectivity index (χ0v) is 13.5. The quantitative estimate of drug-likeness (QED) is 0.866. The van der Waals surface area contributed by atoms with Crippen LogP contribution >= 0.6 is 7.60 Å². The summed E-state index contributed by atoms with van der Waals surface area (Å²) in [5.74, 6) is 0.356. The fourth-order valence-corrected chi connectivity index (χ4v) is 4.35. The lowest BCUT2D eigenvalue weighted by Gasteiger charge is -2.30. The first kappa shape index (κ1) is 15.6. The van der Waals surface area contributed by atoms with Crippen LogP contribution in [0.25, 0.3) is 10.8 Å². The predicted octanol–water partition coefficient (Wildman–Crippen LogP) is 3.45. The second-order valence-electron chi connectivity index (χ2n) is 5.04. The Labute approximate surface area is 133 Å². The lowest BCUT2D eigenvalue weighted by molar-refractivity contribution is 0.266. The number of allylic oxidation sites excluding steroid dienone is 1. The van der Waals surface area contributed by atoms with Crippen LogP contribution in [0.1, 0.15) is 11.2 Å². The molecule has 1 aliphatic rings. The molecule has 1 heterocycles. The summed E-state index contributed by atoms with van der Waals surface area (Å²) in [6, 6.07) is 13.2. The summed E-state index contributed by atoms with van der Waals surface area (Å²) in [6.45, 7) is 0. The van der Waals surface area contributed by atoms with Crippen molar-refractivity contribution >= 4 is 18.4 Å². The molecule has 23 heavy (non-hydrogen) atoms. The molecule has 0 bridgehead atoms. The van der Waals surface area contributed by atoms with Crippen molar-refractivity contribution in [1.82, 2.24) is 0 Å². The van der Waals surface area contributed by atoms with Crippen LogP contribution < -0.4 is 10.5 Å². The van der Waals surface area contributed by atoms with Crippen LogP contribution in [-0.4, -0.2) is 14.2 Å². The molecule has 2 N–H and O–H groups in total. The minimum absolute atomic E-state index is 0.0415. The normalized spacial score (nSPS) is 17.5. The van der Waals surface area contributed by atoms with Crippen LogP contribution in [0.2, 0.25) is 0 Å². The molecule has 0 amide bonds. The summed E-state index contributed by atoms with van der Waals surface area (Å²) in [4.78, 5) is 0. The number of ether oxygens (including phenoxy) is 1. The molecule has 7 heteroatoms. The average molecular weight is 330 g/mol. The van der Waals surface area contributed by atoms with E-state index in [1.54, 1.807) is 6.07 Å². The minimum atomic E-state index is -3.62. The molecule has 1 aliphatic heterocycles. The molecule has 0 saturated heterocycles. The molecular formula is C16H15N2O4P. The predicted molar refractivity (Wildman–Crippen MR) is 85.8 cm³/mol. The van der Waals surface area contributed by atoms with E-state index in [0.29, 0.717) is 11.3 Å². The van der Waals surface area contributed by atoms with Crippen molar-refractivity contribution in [3.63, 3.8) is 0 Å². The summed E-state index contributed by atoms with van der Waals surface area (Å²) in [5, 5.41) is 11.3. The second kappa shape index (κ2) is 5.71. The fourth-order valence-electron chi connectivity index (χ4n) is 2.73. The Morgan fingerprint density at radius 3 is 2.39 bits per heavy atom. The van der Waals surface area contributed by atoms with Crippen molar-refractivity contribution in [3.05, 3.63) is 53.4 Å². The largest absolute Gasteiger partial charge is 0.440 e. The highest BCUT2D eigenvalue weighted by atomic mass is 31.2. The van der Waals surface area contributed by atoms with Gasteiger partial charge in [0.05, 0.1) is 0 Å². The summed E-state index contributed by atoms with van der Waals surface area (Å²) in [6.07, 6.45) is 0. The summed E-state index contributed by atoms with van der Waals surface area (Å²) in [7, 11) is -1.05. The number of nitrogens with two attached hydrogens (primary N) is 1. The maximum Gasteiger partial charge on any atom is 0.343 e. The molecular weight excluding hydrogens is 315 g/mol. The maximum absolute atomic E-state index is 13.0. The van der Waals surface area contributed by atoms with Gasteiger partial charge in [-0.1, -0.05) is 24.3 Å². The highest BCUT2D eigenvalue weighted by molar-refractivity contribution is 7.54. The van der Waals surface area contributed by atoms with E-state index in [9.17, 15) is 9.83 Å². The monoisotopic (exact) mass is 330 g/mol. The van der Waals surface area contributed by atoms with Gasteiger partial charge in [0.2, 0.25) is 5.88 Å². The van der Waals surface area contributed by atoms with Crippen molar-refractivity contribution in [2.24, 2.45) is 5.73 Å². The first-order chi connectivity index (χ1) is 11.0. The number of hydrogen-bond donors (Lipinski definition) is 1. The smallest absolute Gasteiger partial charge is 0.343 e. The molecule has 0 saturated carbocycles. The molecule has 0 radical (unpaired) electrons. The first-order valence-electron chi connectivity index (χ1n) is 6.85. The van der Waals surface area contributed by atoms with Crippen LogP contribution in [0.3, 0.4) is 0 Å². The van der Waals surface area contributed by atoms with Gasteiger partial charge in [-0.15, -0.1) is 0 Å². The van der Waals surface area contributed by atoms with Gasteiger partial charge in [0.1, 0.15) is 23.1 Å². The van der Waals surface area contributed by atoms with E-state index in [0.717, 1.165) is 10.8 Å². The molecule has 2 aromatic carbocycles. The van der Waals surface area contributed by atoms with Gasteiger partial charge in [-0.05, 0) is 22.9 Å². The molecule has 3 rings (SSSR count). The lowest BCUT2D eigenvalue weighted by Crippen LogP contribution is -2.21. The van der Waals surface area contributed by atoms with Gasteiger partial charge in [0, 0.05) is 19.8 Å². The van der Waals surface area contributed by atoms with E-state index in [-0.39, 0.29) is 11.5 Å². The SMILES string of the molecule is COP(=O)(OC)C1C(C#N)=C(N)Oc2cc3ccccc3cc21. The van der Waals surface area contributed by atoms with Crippen molar-refractivity contribution < 1.29 is 18.3 Å². The van der Waals surface area contributed by atoms with Crippen molar-refractivity contribution in [2.45, 2.75) is 5.66 Å². The Morgan fingerprint density at radius 2 is 1.83 bits per heavy atom. The van der Waals surface area contributed by atoms with Crippen molar-refractivity contribution in [1.29, 1.82) is 5.26 Å². The fraction of sp³-hybridized carbons (Fsp3) is 0.188. The molecule has 0 fully saturated rings. The van der Waals surface area contributed by atoms with Gasteiger partial charge in [-0.3, -0.25) is 4.57 Å². The lowest BCUT2D eigenvalue weighted by atomic mass is 9.98. The molecule has 0 aromatic heterocycles. The maximum atomic E-state index is 13.0. The first-order valence-corrected chi connectivity index (χ1v) is 8.46. The van der Waals surface area contributed by atoms with E-state index in [1.807, 2.05) is 36.4 Å². The Balaban J connectivity index is 2.32. The molecule has 1 atom stereocenters. The Kier molecular flexibility index (Phi) is 3.87. The van der Waals surface area contributed by atoms with E-state index in [4.69, 9.17) is 19.5 Å². The number of rotatable bonds is 3. The average Bonchev–Trinajstić information content (AvgIpc) is 2.58. The van der Waals surface area contributed by atoms with Gasteiger partial charge in [0.25, 0.3) is 0 Å². The Bertz CT molecular complexity index is 893. The zero-order valence-electron chi connectivity index (χ0n) is 12.6. The summed E-state index contributed by atoms with van der Waals surface area (Å²) >= 11 is 0. The van der Waals surface area contributed by atoms with Gasteiger partial charge in [-0.25, -0.2) is 0 Å². The minimum Gasteiger partial charge on any atom is -0.440 e. The van der Waals surface area contributed by atoms with E-state index >= 15 is 0 Å². The topological polar surface area (TPSA) is 94.6 Å². The van der Waals surface area contributed by atoms with Crippen LogP contribution in [-0.2, 0) is 13.6 Å². The third kappa shape index (κ3) is 2.40. The van der Waals surface area contributed by atoms with E-state index in [2.05, 4.69) is 0 Å². The Morgan fingerprint density at radius 1 is 1.22 bits per heavy atom. The highest BCUT2D eigenvalue weighted by Gasteiger charge is 2.44. The van der Waals surface area contributed by atoms with Gasteiger partial charge < -0.3 is 19.5 Å². The zero-order chi connectivity index (χ0) is 16.6. The molecule has 0 spiro atoms. The number of benzene rings is 2. The van der Waals surface area contributed by atoms with Crippen LogP contribution in [0.4, 0.5) is 0 Å². The highest BCUT2D eigenvalue weighted by Crippen LogP contribution is 2.65. The number of hydrogen-bond acceptors (Lipinski definition) is 6. The van der Waals surface area contributed by atoms with Crippen LogP contribution in [0.5, 0.6) is 5.75 Å². The van der Waals surface area contributed by atoms with Crippen LogP contribution in [0.15, 0.2) is 47.9 Å². The number of nitriles is 1. The van der Waals surface area contributed by atoms with Crippen molar-refractivity contribution in [2.75, 3.05) is 14.2 Å². The summed E-state index contributed by atoms with van der Waals surface area (Å²) < 4.78 is 28.8. The van der Waals surface area contributed by atoms with Crippen molar-refractivity contribution in [3.8, 4) is 11.8 Å². The van der Waals surface area contributed by atoms with E-state index in [1.165, 1.54) is 14.2 Å². The molecule has 1 unspecified atom stereocenters. The third-order valence-corrected chi connectivity index (χ3v) is 6.06. The molecule has 6 nitrogen and oxygen atoms in total. The third-order valence-electron chi connectivity index (χ3n) is 3.88. The van der Waals surface area contributed by atoms with Gasteiger partial charge >= 0.3 is 7.60 Å². The molecule has 2 aromatic rings. The summed E-state index contributed by atoms with van der Waals surface area (Å²) in [5.41, 5.74) is 5.53. The van der Waals surface area contributed by atoms with E-state index < -0.39 is 13.3 Å². The number of fused-ring (bicyclic) bond motifs is 2.